The number of fused-ring (bicyclic) bond motifs is 1. The van der Waals surface area contributed by atoms with Crippen LogP contribution in [0.3, 0.4) is 0 Å². The fourth-order valence-corrected chi connectivity index (χ4v) is 3.36. The van der Waals surface area contributed by atoms with E-state index >= 15 is 0 Å². The van der Waals surface area contributed by atoms with Crippen molar-refractivity contribution >= 4 is 28.3 Å². The quantitative estimate of drug-likeness (QED) is 0.884. The van der Waals surface area contributed by atoms with E-state index in [0.717, 1.165) is 18.5 Å². The van der Waals surface area contributed by atoms with E-state index < -0.39 is 0 Å². The van der Waals surface area contributed by atoms with Crippen molar-refractivity contribution < 1.29 is 19.1 Å². The maximum absolute atomic E-state index is 12.4. The van der Waals surface area contributed by atoms with Gasteiger partial charge in [-0.3, -0.25) is 14.9 Å². The number of aromatic nitrogens is 1. The summed E-state index contributed by atoms with van der Waals surface area (Å²) in [6.07, 6.45) is 1.56. The van der Waals surface area contributed by atoms with Crippen LogP contribution >= 0.6 is 11.3 Å². The van der Waals surface area contributed by atoms with Gasteiger partial charge in [-0.15, -0.1) is 0 Å². The Labute approximate surface area is 143 Å². The molecule has 2 heterocycles. The summed E-state index contributed by atoms with van der Waals surface area (Å²) >= 11 is 1.19. The Morgan fingerprint density at radius 1 is 1.29 bits per heavy atom. The zero-order valence-corrected chi connectivity index (χ0v) is 14.2. The first-order chi connectivity index (χ1) is 11.6. The van der Waals surface area contributed by atoms with Crippen molar-refractivity contribution in [2.75, 3.05) is 26.1 Å². The second-order valence-electron chi connectivity index (χ2n) is 5.18. The van der Waals surface area contributed by atoms with E-state index in [1.54, 1.807) is 18.2 Å². The van der Waals surface area contributed by atoms with Crippen LogP contribution in [0.25, 0.3) is 0 Å². The summed E-state index contributed by atoms with van der Waals surface area (Å²) < 4.78 is 10.4. The maximum Gasteiger partial charge on any atom is 0.263 e. The van der Waals surface area contributed by atoms with Gasteiger partial charge in [0.2, 0.25) is 0 Å². The average Bonchev–Trinajstić information content (AvgIpc) is 2.92. The van der Waals surface area contributed by atoms with Gasteiger partial charge < -0.3 is 14.8 Å². The van der Waals surface area contributed by atoms with E-state index in [1.807, 2.05) is 0 Å². The molecule has 2 N–H and O–H groups in total. The van der Waals surface area contributed by atoms with Gasteiger partial charge in [-0.2, -0.15) is 0 Å². The molecule has 0 saturated heterocycles. The van der Waals surface area contributed by atoms with Crippen LogP contribution in [0.4, 0.5) is 5.13 Å². The number of methoxy groups -OCH3 is 2. The van der Waals surface area contributed by atoms with E-state index in [9.17, 15) is 9.59 Å². The number of hydrogen-bond acceptors (Lipinski definition) is 6. The van der Waals surface area contributed by atoms with E-state index in [-0.39, 0.29) is 11.8 Å². The zero-order valence-electron chi connectivity index (χ0n) is 13.3. The Bertz CT molecular complexity index is 788. The summed E-state index contributed by atoms with van der Waals surface area (Å²) in [5.74, 6) is 0.568. The van der Waals surface area contributed by atoms with Crippen LogP contribution in [0.15, 0.2) is 18.2 Å². The third-order valence-electron chi connectivity index (χ3n) is 3.65. The molecule has 0 radical (unpaired) electrons. The van der Waals surface area contributed by atoms with Gasteiger partial charge in [0.1, 0.15) is 4.88 Å². The van der Waals surface area contributed by atoms with E-state index in [4.69, 9.17) is 9.47 Å². The molecule has 0 bridgehead atoms. The van der Waals surface area contributed by atoms with Gasteiger partial charge in [0.15, 0.2) is 16.6 Å². The summed E-state index contributed by atoms with van der Waals surface area (Å²) in [5.41, 5.74) is 1.15. The number of benzene rings is 1. The maximum atomic E-state index is 12.4. The number of rotatable bonds is 4. The summed E-state index contributed by atoms with van der Waals surface area (Å²) in [6.45, 7) is 0.648. The first-order valence-corrected chi connectivity index (χ1v) is 8.25. The predicted molar refractivity (Wildman–Crippen MR) is 90.3 cm³/mol. The van der Waals surface area contributed by atoms with Gasteiger partial charge in [0.25, 0.3) is 11.8 Å². The SMILES string of the molecule is COc1ccc(C(=O)Nc2nc3c(s2)C(=O)NCCC3)cc1OC. The number of aryl methyl sites for hydroxylation is 1. The zero-order chi connectivity index (χ0) is 17.1. The van der Waals surface area contributed by atoms with Gasteiger partial charge in [-0.05, 0) is 31.0 Å². The highest BCUT2D eigenvalue weighted by Crippen LogP contribution is 2.29. The molecule has 1 aromatic heterocycles. The van der Waals surface area contributed by atoms with Crippen molar-refractivity contribution in [3.8, 4) is 11.5 Å². The van der Waals surface area contributed by atoms with Crippen molar-refractivity contribution in [1.29, 1.82) is 0 Å². The molecule has 1 aliphatic rings. The van der Waals surface area contributed by atoms with Crippen molar-refractivity contribution in [2.45, 2.75) is 12.8 Å². The summed E-state index contributed by atoms with van der Waals surface area (Å²) in [4.78, 5) is 29.3. The van der Waals surface area contributed by atoms with Crippen molar-refractivity contribution in [2.24, 2.45) is 0 Å². The first kappa shape index (κ1) is 16.3. The molecule has 0 unspecified atom stereocenters. The summed E-state index contributed by atoms with van der Waals surface area (Å²) in [6, 6.07) is 4.90. The number of thiazole rings is 1. The Kier molecular flexibility index (Phi) is 4.66. The third kappa shape index (κ3) is 3.18. The molecular weight excluding hydrogens is 330 g/mol. The van der Waals surface area contributed by atoms with Crippen molar-refractivity contribution in [3.63, 3.8) is 0 Å². The first-order valence-electron chi connectivity index (χ1n) is 7.43. The van der Waals surface area contributed by atoms with Crippen LogP contribution in [0.1, 0.15) is 32.1 Å². The van der Waals surface area contributed by atoms with Crippen LogP contribution in [0, 0.1) is 0 Å². The highest BCUT2D eigenvalue weighted by Gasteiger charge is 2.21. The third-order valence-corrected chi connectivity index (χ3v) is 4.66. The molecular formula is C16H17N3O4S. The number of ether oxygens (including phenoxy) is 2. The van der Waals surface area contributed by atoms with Gasteiger partial charge in [0, 0.05) is 12.1 Å². The lowest BCUT2D eigenvalue weighted by atomic mass is 10.2. The molecule has 0 atom stereocenters. The molecule has 2 aromatic rings. The molecule has 24 heavy (non-hydrogen) atoms. The van der Waals surface area contributed by atoms with Gasteiger partial charge in [-0.1, -0.05) is 11.3 Å². The van der Waals surface area contributed by atoms with E-state index in [0.29, 0.717) is 33.6 Å². The molecule has 2 amide bonds. The number of nitrogens with zero attached hydrogens (tertiary/aromatic N) is 1. The highest BCUT2D eigenvalue weighted by atomic mass is 32.1. The molecule has 126 valence electrons. The Hall–Kier alpha value is -2.61. The number of anilines is 1. The topological polar surface area (TPSA) is 89.5 Å². The van der Waals surface area contributed by atoms with Gasteiger partial charge in [-0.25, -0.2) is 4.98 Å². The van der Waals surface area contributed by atoms with Crippen molar-refractivity contribution in [3.05, 3.63) is 34.3 Å². The second kappa shape index (κ2) is 6.88. The number of nitrogens with one attached hydrogen (secondary N) is 2. The normalized spacial score (nSPS) is 13.5. The van der Waals surface area contributed by atoms with Gasteiger partial charge in [0.05, 0.1) is 19.9 Å². The number of carbonyl (C=O) groups excluding carboxylic acids is 2. The molecule has 3 rings (SSSR count). The smallest absolute Gasteiger partial charge is 0.263 e. The van der Waals surface area contributed by atoms with E-state index in [1.165, 1.54) is 25.6 Å². The lowest BCUT2D eigenvalue weighted by molar-refractivity contribution is 0.0958. The van der Waals surface area contributed by atoms with Crippen molar-refractivity contribution in [1.82, 2.24) is 10.3 Å². The Morgan fingerprint density at radius 2 is 2.08 bits per heavy atom. The minimum Gasteiger partial charge on any atom is -0.493 e. The largest absolute Gasteiger partial charge is 0.493 e. The molecule has 8 heteroatoms. The Morgan fingerprint density at radius 3 is 2.83 bits per heavy atom. The standard InChI is InChI=1S/C16H17N3O4S/c1-22-11-6-5-9(8-12(11)23-2)14(20)19-16-18-10-4-3-7-17-15(21)13(10)24-16/h5-6,8H,3-4,7H2,1-2H3,(H,17,21)(H,18,19,20). The summed E-state index contributed by atoms with van der Waals surface area (Å²) in [7, 11) is 3.04. The van der Waals surface area contributed by atoms with Gasteiger partial charge >= 0.3 is 0 Å². The second-order valence-corrected chi connectivity index (χ2v) is 6.18. The lowest BCUT2D eigenvalue weighted by Gasteiger charge is -2.09. The molecule has 1 aliphatic heterocycles. The highest BCUT2D eigenvalue weighted by molar-refractivity contribution is 7.17. The van der Waals surface area contributed by atoms with Crippen LogP contribution < -0.4 is 20.1 Å². The lowest BCUT2D eigenvalue weighted by Crippen LogP contribution is -2.21. The Balaban J connectivity index is 1.80. The van der Waals surface area contributed by atoms with E-state index in [2.05, 4.69) is 15.6 Å². The molecule has 0 spiro atoms. The fourth-order valence-electron chi connectivity index (χ4n) is 2.44. The van der Waals surface area contributed by atoms with Crippen LogP contribution in [-0.2, 0) is 6.42 Å². The number of carbonyl (C=O) groups is 2. The fraction of sp³-hybridized carbons (Fsp3) is 0.312. The predicted octanol–water partition coefficient (Wildman–Crippen LogP) is 2.09. The monoisotopic (exact) mass is 347 g/mol. The number of amides is 2. The van der Waals surface area contributed by atoms with Crippen LogP contribution in [-0.4, -0.2) is 37.6 Å². The molecule has 7 nitrogen and oxygen atoms in total. The van der Waals surface area contributed by atoms with Crippen LogP contribution in [0.2, 0.25) is 0 Å². The molecule has 0 aliphatic carbocycles. The molecule has 1 aromatic carbocycles. The molecule has 0 fully saturated rings. The summed E-state index contributed by atoms with van der Waals surface area (Å²) in [5, 5.41) is 5.97. The number of hydrogen-bond donors (Lipinski definition) is 2. The molecule has 0 saturated carbocycles. The minimum atomic E-state index is -0.319. The minimum absolute atomic E-state index is 0.133. The average molecular weight is 347 g/mol. The van der Waals surface area contributed by atoms with Crippen LogP contribution in [0.5, 0.6) is 11.5 Å².